The average molecular weight is 439 g/mol. The van der Waals surface area contributed by atoms with Crippen molar-refractivity contribution in [1.29, 1.82) is 0 Å². The van der Waals surface area contributed by atoms with Gasteiger partial charge >= 0.3 is 12.1 Å². The fraction of sp³-hybridized carbons (Fsp3) is 0.250. The van der Waals surface area contributed by atoms with E-state index in [1.54, 1.807) is 26.1 Å². The van der Waals surface area contributed by atoms with E-state index >= 15 is 0 Å². The van der Waals surface area contributed by atoms with Crippen LogP contribution in [0.1, 0.15) is 12.5 Å². The predicted octanol–water partition coefficient (Wildman–Crippen LogP) is 4.82. The van der Waals surface area contributed by atoms with E-state index in [1.165, 1.54) is 23.9 Å². The van der Waals surface area contributed by atoms with Crippen LogP contribution in [0.15, 0.2) is 63.5 Å². The van der Waals surface area contributed by atoms with Crippen LogP contribution in [0.25, 0.3) is 0 Å². The number of carboxylic acids is 1. The molecule has 6 nitrogen and oxygen atoms in total. The molecule has 0 aliphatic heterocycles. The molecule has 2 aromatic rings. The van der Waals surface area contributed by atoms with Crippen molar-refractivity contribution in [3.8, 4) is 5.75 Å². The summed E-state index contributed by atoms with van der Waals surface area (Å²) in [6.07, 6.45) is -4.38. The molecule has 0 aromatic heterocycles. The number of hydrogen-bond donors (Lipinski definition) is 2. The Balaban J connectivity index is 1.91. The molecule has 30 heavy (non-hydrogen) atoms. The lowest BCUT2D eigenvalue weighted by atomic mass is 10.2. The molecular weight excluding hydrogens is 419 g/mol. The first-order valence-corrected chi connectivity index (χ1v) is 9.68. The number of halogens is 3. The minimum atomic E-state index is -4.38. The first-order valence-electron chi connectivity index (χ1n) is 8.70. The van der Waals surface area contributed by atoms with Crippen LogP contribution in [0.3, 0.4) is 0 Å². The van der Waals surface area contributed by atoms with E-state index in [0.29, 0.717) is 28.6 Å². The first-order chi connectivity index (χ1) is 14.2. The van der Waals surface area contributed by atoms with Crippen molar-refractivity contribution in [1.82, 2.24) is 0 Å². The second-order valence-corrected chi connectivity index (χ2v) is 7.05. The summed E-state index contributed by atoms with van der Waals surface area (Å²) in [5.41, 5.74) is 3.76. The van der Waals surface area contributed by atoms with Gasteiger partial charge in [0.15, 0.2) is 6.61 Å². The van der Waals surface area contributed by atoms with Gasteiger partial charge in [-0.3, -0.25) is 10.4 Å². The predicted molar refractivity (Wildman–Crippen MR) is 112 cm³/mol. The number of aliphatic imine (C=N–C) groups is 1. The zero-order valence-electron chi connectivity index (χ0n) is 16.2. The van der Waals surface area contributed by atoms with Crippen LogP contribution >= 0.6 is 11.8 Å². The molecule has 0 fully saturated rings. The molecule has 0 aliphatic rings. The third-order valence-corrected chi connectivity index (χ3v) is 4.84. The summed E-state index contributed by atoms with van der Waals surface area (Å²) in [4.78, 5) is 15.7. The maximum Gasteiger partial charge on any atom is 0.416 e. The number of aliphatic carboxylic acids is 1. The van der Waals surface area contributed by atoms with Crippen molar-refractivity contribution in [3.05, 3.63) is 54.1 Å². The third-order valence-electron chi connectivity index (χ3n) is 3.81. The fourth-order valence-electron chi connectivity index (χ4n) is 2.21. The number of alkyl halides is 3. The quantitative estimate of drug-likeness (QED) is 0.333. The van der Waals surface area contributed by atoms with Gasteiger partial charge in [-0.25, -0.2) is 4.79 Å². The van der Waals surface area contributed by atoms with Gasteiger partial charge in [0.05, 0.1) is 22.7 Å². The monoisotopic (exact) mass is 439 g/mol. The Morgan fingerprint density at radius 3 is 2.30 bits per heavy atom. The van der Waals surface area contributed by atoms with E-state index in [-0.39, 0.29) is 0 Å². The van der Waals surface area contributed by atoms with E-state index in [0.717, 1.165) is 17.0 Å². The van der Waals surface area contributed by atoms with Crippen molar-refractivity contribution >= 4 is 34.8 Å². The average Bonchev–Trinajstić information content (AvgIpc) is 2.71. The van der Waals surface area contributed by atoms with Gasteiger partial charge in [0.1, 0.15) is 5.75 Å². The molecule has 0 atom stereocenters. The maximum atomic E-state index is 12.6. The lowest BCUT2D eigenvalue weighted by Gasteiger charge is -2.09. The number of carbonyl (C=O) groups is 1. The molecule has 0 spiro atoms. The van der Waals surface area contributed by atoms with E-state index in [4.69, 9.17) is 9.84 Å². The van der Waals surface area contributed by atoms with Gasteiger partial charge in [-0.05, 0) is 55.5 Å². The highest BCUT2D eigenvalue weighted by atomic mass is 32.2. The van der Waals surface area contributed by atoms with Crippen molar-refractivity contribution in [2.75, 3.05) is 24.8 Å². The maximum absolute atomic E-state index is 12.6. The summed E-state index contributed by atoms with van der Waals surface area (Å²) in [5, 5.41) is 12.8. The van der Waals surface area contributed by atoms with Crippen LogP contribution in [-0.2, 0) is 11.0 Å². The highest BCUT2D eigenvalue weighted by Gasteiger charge is 2.29. The molecule has 2 N–H and O–H groups in total. The molecule has 0 unspecified atom stereocenters. The number of thioether (sulfide) groups is 1. The minimum Gasteiger partial charge on any atom is -0.482 e. The Morgan fingerprint density at radius 1 is 1.13 bits per heavy atom. The van der Waals surface area contributed by atoms with Gasteiger partial charge < -0.3 is 9.84 Å². The van der Waals surface area contributed by atoms with Crippen LogP contribution in [0.4, 0.5) is 18.9 Å². The summed E-state index contributed by atoms with van der Waals surface area (Å²) in [6, 6.07) is 11.6. The highest BCUT2D eigenvalue weighted by molar-refractivity contribution is 8.00. The number of rotatable bonds is 9. The van der Waals surface area contributed by atoms with Crippen molar-refractivity contribution in [3.63, 3.8) is 0 Å². The standard InChI is InChI=1S/C20H20F3N3O3S/c1-13(25-26-15-5-3-14(4-6-15)20(21,22)23)18(24-2)12-30-17-9-7-16(8-10-17)29-11-19(27)28/h3-10,26H,11-12H2,1-2H3,(H,27,28)/b24-18?,25-13-. The summed E-state index contributed by atoms with van der Waals surface area (Å²) in [5.74, 6) is -0.0582. The van der Waals surface area contributed by atoms with Gasteiger partial charge in [0.25, 0.3) is 0 Å². The third kappa shape index (κ3) is 7.43. The number of anilines is 1. The Labute approximate surface area is 175 Å². The SMILES string of the molecule is CN=C(CSc1ccc(OCC(=O)O)cc1)/C(C)=N\Nc1ccc(C(F)(F)F)cc1. The molecule has 2 aromatic carbocycles. The second-order valence-electron chi connectivity index (χ2n) is 6.00. The summed E-state index contributed by atoms with van der Waals surface area (Å²) in [6.45, 7) is 1.35. The van der Waals surface area contributed by atoms with Crippen LogP contribution in [0.5, 0.6) is 5.75 Å². The fourth-order valence-corrected chi connectivity index (χ4v) is 3.18. The second kappa shape index (κ2) is 10.7. The smallest absolute Gasteiger partial charge is 0.416 e. The molecule has 0 bridgehead atoms. The Morgan fingerprint density at radius 2 is 1.77 bits per heavy atom. The summed E-state index contributed by atoms with van der Waals surface area (Å²) >= 11 is 1.50. The van der Waals surface area contributed by atoms with Crippen LogP contribution in [0.2, 0.25) is 0 Å². The van der Waals surface area contributed by atoms with Gasteiger partial charge in [-0.2, -0.15) is 18.3 Å². The zero-order valence-corrected chi connectivity index (χ0v) is 17.0. The van der Waals surface area contributed by atoms with E-state index < -0.39 is 24.3 Å². The molecular formula is C20H20F3N3O3S. The largest absolute Gasteiger partial charge is 0.482 e. The Hall–Kier alpha value is -3.01. The topological polar surface area (TPSA) is 83.3 Å². The van der Waals surface area contributed by atoms with E-state index in [1.807, 2.05) is 12.1 Å². The van der Waals surface area contributed by atoms with Gasteiger partial charge in [-0.15, -0.1) is 11.8 Å². The van der Waals surface area contributed by atoms with Crippen LogP contribution in [0, 0.1) is 0 Å². The van der Waals surface area contributed by atoms with Gasteiger partial charge in [0.2, 0.25) is 0 Å². The number of ether oxygens (including phenoxy) is 1. The summed E-state index contributed by atoms with van der Waals surface area (Å²) < 4.78 is 42.9. The van der Waals surface area contributed by atoms with E-state index in [2.05, 4.69) is 15.5 Å². The Kier molecular flexibility index (Phi) is 8.28. The molecule has 10 heteroatoms. The zero-order chi connectivity index (χ0) is 22.1. The van der Waals surface area contributed by atoms with Gasteiger partial charge in [0, 0.05) is 17.7 Å². The molecule has 0 saturated carbocycles. The number of nitrogens with one attached hydrogen (secondary N) is 1. The summed E-state index contributed by atoms with van der Waals surface area (Å²) in [7, 11) is 1.63. The number of benzene rings is 2. The highest BCUT2D eigenvalue weighted by Crippen LogP contribution is 2.29. The Bertz CT molecular complexity index is 912. The number of hydrazone groups is 1. The molecule has 0 amide bonds. The molecule has 160 valence electrons. The van der Waals surface area contributed by atoms with E-state index in [9.17, 15) is 18.0 Å². The normalized spacial score (nSPS) is 12.6. The molecule has 0 aliphatic carbocycles. The van der Waals surface area contributed by atoms with Crippen molar-refractivity contribution < 1.29 is 27.8 Å². The molecule has 0 saturated heterocycles. The van der Waals surface area contributed by atoms with Crippen LogP contribution in [-0.4, -0.2) is 41.9 Å². The number of nitrogens with zero attached hydrogens (tertiary/aromatic N) is 2. The first kappa shape index (κ1) is 23.3. The van der Waals surface area contributed by atoms with Gasteiger partial charge in [-0.1, -0.05) is 0 Å². The molecule has 0 radical (unpaired) electrons. The minimum absolute atomic E-state index is 0.402. The number of hydrogen-bond acceptors (Lipinski definition) is 6. The lowest BCUT2D eigenvalue weighted by Crippen LogP contribution is -2.15. The van der Waals surface area contributed by atoms with Crippen molar-refractivity contribution in [2.45, 2.75) is 18.0 Å². The number of carboxylic acid groups (broad SMARTS) is 1. The lowest BCUT2D eigenvalue weighted by molar-refractivity contribution is -0.139. The van der Waals surface area contributed by atoms with Crippen LogP contribution < -0.4 is 10.2 Å². The molecule has 0 heterocycles. The van der Waals surface area contributed by atoms with Crippen molar-refractivity contribution in [2.24, 2.45) is 10.1 Å². The molecule has 2 rings (SSSR count).